The van der Waals surface area contributed by atoms with Crippen molar-refractivity contribution in [2.24, 2.45) is 0 Å². The molecule has 1 aromatic carbocycles. The summed E-state index contributed by atoms with van der Waals surface area (Å²) in [6.07, 6.45) is 4.51. The van der Waals surface area contributed by atoms with Crippen molar-refractivity contribution in [2.45, 2.75) is 51.8 Å². The number of hydrogen-bond donors (Lipinski definition) is 1. The Morgan fingerprint density at radius 1 is 1.33 bits per heavy atom. The van der Waals surface area contributed by atoms with Crippen LogP contribution < -0.4 is 5.32 Å². The molecule has 21 heavy (non-hydrogen) atoms. The smallest absolute Gasteiger partial charge is 0.317 e. The zero-order valence-corrected chi connectivity index (χ0v) is 13.1. The number of piperidine rings is 1. The lowest BCUT2D eigenvalue weighted by Gasteiger charge is -2.35. The van der Waals surface area contributed by atoms with E-state index in [0.29, 0.717) is 19.2 Å². The van der Waals surface area contributed by atoms with Crippen LogP contribution >= 0.6 is 0 Å². The highest BCUT2D eigenvalue weighted by molar-refractivity contribution is 5.74. The molecule has 1 saturated heterocycles. The molecule has 1 aliphatic rings. The molecule has 1 heterocycles. The van der Waals surface area contributed by atoms with Gasteiger partial charge in [0.2, 0.25) is 0 Å². The highest BCUT2D eigenvalue weighted by atomic mass is 16.5. The van der Waals surface area contributed by atoms with Gasteiger partial charge >= 0.3 is 6.03 Å². The molecule has 1 unspecified atom stereocenters. The lowest BCUT2D eigenvalue weighted by Crippen LogP contribution is -2.48. The number of nitrogens with one attached hydrogen (secondary N) is 1. The maximum absolute atomic E-state index is 12.4. The topological polar surface area (TPSA) is 41.6 Å². The number of ether oxygens (including phenoxy) is 1. The fourth-order valence-electron chi connectivity index (χ4n) is 2.99. The summed E-state index contributed by atoms with van der Waals surface area (Å²) in [6.45, 7) is 4.17. The minimum absolute atomic E-state index is 0.0637. The standard InChI is InChI=1S/C17H26N2O2/c1-3-16-10-6-7-11-19(16)17(20)18-12-14-8-4-5-9-15(14)13-21-2/h4-5,8-9,16H,3,6-7,10-13H2,1-2H3,(H,18,20). The van der Waals surface area contributed by atoms with Crippen molar-refractivity contribution < 1.29 is 9.53 Å². The van der Waals surface area contributed by atoms with E-state index in [4.69, 9.17) is 4.74 Å². The van der Waals surface area contributed by atoms with Crippen molar-refractivity contribution in [3.05, 3.63) is 35.4 Å². The number of carbonyl (C=O) groups is 1. The van der Waals surface area contributed by atoms with Crippen LogP contribution in [0.4, 0.5) is 4.79 Å². The molecule has 0 aromatic heterocycles. The van der Waals surface area contributed by atoms with Gasteiger partial charge in [0.1, 0.15) is 0 Å². The summed E-state index contributed by atoms with van der Waals surface area (Å²) in [5.74, 6) is 0. The molecule has 1 N–H and O–H groups in total. The van der Waals surface area contributed by atoms with Crippen molar-refractivity contribution in [2.75, 3.05) is 13.7 Å². The first-order valence-electron chi connectivity index (χ1n) is 7.86. The summed E-state index contributed by atoms with van der Waals surface area (Å²) in [6, 6.07) is 8.54. The molecule has 0 bridgehead atoms. The van der Waals surface area contributed by atoms with Crippen molar-refractivity contribution in [1.29, 1.82) is 0 Å². The van der Waals surface area contributed by atoms with E-state index >= 15 is 0 Å². The van der Waals surface area contributed by atoms with E-state index in [1.54, 1.807) is 7.11 Å². The second-order valence-electron chi connectivity index (χ2n) is 5.61. The average molecular weight is 290 g/mol. The van der Waals surface area contributed by atoms with E-state index in [-0.39, 0.29) is 6.03 Å². The minimum Gasteiger partial charge on any atom is -0.380 e. The van der Waals surface area contributed by atoms with E-state index in [0.717, 1.165) is 36.9 Å². The summed E-state index contributed by atoms with van der Waals surface area (Å²) < 4.78 is 5.20. The van der Waals surface area contributed by atoms with Crippen molar-refractivity contribution in [3.63, 3.8) is 0 Å². The molecule has 1 aliphatic heterocycles. The van der Waals surface area contributed by atoms with Gasteiger partial charge in [-0.3, -0.25) is 0 Å². The number of urea groups is 1. The zero-order valence-electron chi connectivity index (χ0n) is 13.1. The molecule has 1 atom stereocenters. The largest absolute Gasteiger partial charge is 0.380 e. The predicted octanol–water partition coefficient (Wildman–Crippen LogP) is 3.31. The summed E-state index contributed by atoms with van der Waals surface area (Å²) in [5.41, 5.74) is 2.25. The molecule has 0 saturated carbocycles. The van der Waals surface area contributed by atoms with Gasteiger partial charge in [0.25, 0.3) is 0 Å². The monoisotopic (exact) mass is 290 g/mol. The number of rotatable bonds is 5. The maximum Gasteiger partial charge on any atom is 0.317 e. The maximum atomic E-state index is 12.4. The Balaban J connectivity index is 1.94. The second-order valence-corrected chi connectivity index (χ2v) is 5.61. The van der Waals surface area contributed by atoms with Crippen LogP contribution in [0.1, 0.15) is 43.7 Å². The minimum atomic E-state index is 0.0637. The first-order chi connectivity index (χ1) is 10.3. The summed E-state index contributed by atoms with van der Waals surface area (Å²) in [7, 11) is 1.69. The number of nitrogens with zero attached hydrogens (tertiary/aromatic N) is 1. The van der Waals surface area contributed by atoms with Gasteiger partial charge in [-0.15, -0.1) is 0 Å². The SMILES string of the molecule is CCC1CCCCN1C(=O)NCc1ccccc1COC. The molecule has 4 nitrogen and oxygen atoms in total. The fourth-order valence-corrected chi connectivity index (χ4v) is 2.99. The van der Waals surface area contributed by atoms with Crippen LogP contribution in [0.15, 0.2) is 24.3 Å². The van der Waals surface area contributed by atoms with E-state index in [2.05, 4.69) is 12.2 Å². The van der Waals surface area contributed by atoms with E-state index < -0.39 is 0 Å². The van der Waals surface area contributed by atoms with Gasteiger partial charge in [-0.1, -0.05) is 31.2 Å². The van der Waals surface area contributed by atoms with Crippen LogP contribution in [0, 0.1) is 0 Å². The highest BCUT2D eigenvalue weighted by Gasteiger charge is 2.24. The Hall–Kier alpha value is -1.55. The van der Waals surface area contributed by atoms with Crippen LogP contribution in [0.5, 0.6) is 0 Å². The molecule has 1 fully saturated rings. The molecule has 0 aliphatic carbocycles. The summed E-state index contributed by atoms with van der Waals surface area (Å²) in [5, 5.41) is 3.06. The molecule has 116 valence electrons. The van der Waals surface area contributed by atoms with E-state index in [1.165, 1.54) is 6.42 Å². The third kappa shape index (κ3) is 4.21. The van der Waals surface area contributed by atoms with Crippen LogP contribution in [-0.2, 0) is 17.9 Å². The molecule has 4 heteroatoms. The molecule has 1 aromatic rings. The van der Waals surface area contributed by atoms with E-state index in [1.807, 2.05) is 29.2 Å². The lowest BCUT2D eigenvalue weighted by atomic mass is 10.0. The van der Waals surface area contributed by atoms with Gasteiger partial charge in [0.15, 0.2) is 0 Å². The van der Waals surface area contributed by atoms with Crippen molar-refractivity contribution in [1.82, 2.24) is 10.2 Å². The zero-order chi connectivity index (χ0) is 15.1. The Kier molecular flexibility index (Phi) is 6.05. The third-order valence-electron chi connectivity index (χ3n) is 4.21. The molecule has 0 radical (unpaired) electrons. The Bertz CT molecular complexity index is 462. The van der Waals surface area contributed by atoms with Crippen LogP contribution in [-0.4, -0.2) is 30.6 Å². The lowest BCUT2D eigenvalue weighted by molar-refractivity contribution is 0.148. The summed E-state index contributed by atoms with van der Waals surface area (Å²) >= 11 is 0. The van der Waals surface area contributed by atoms with Crippen LogP contribution in [0.25, 0.3) is 0 Å². The first-order valence-corrected chi connectivity index (χ1v) is 7.86. The average Bonchev–Trinajstić information content (AvgIpc) is 2.54. The fraction of sp³-hybridized carbons (Fsp3) is 0.588. The quantitative estimate of drug-likeness (QED) is 0.904. The Morgan fingerprint density at radius 3 is 2.81 bits per heavy atom. The predicted molar refractivity (Wildman–Crippen MR) is 84.0 cm³/mol. The number of benzene rings is 1. The molecule has 0 spiro atoms. The second kappa shape index (κ2) is 8.03. The highest BCUT2D eigenvalue weighted by Crippen LogP contribution is 2.19. The Labute approximate surface area is 127 Å². The van der Waals surface area contributed by atoms with Gasteiger partial charge in [0, 0.05) is 26.2 Å². The summed E-state index contributed by atoms with van der Waals surface area (Å²) in [4.78, 5) is 14.4. The third-order valence-corrected chi connectivity index (χ3v) is 4.21. The number of carbonyl (C=O) groups excluding carboxylic acids is 1. The van der Waals surface area contributed by atoms with Crippen LogP contribution in [0.2, 0.25) is 0 Å². The van der Waals surface area contributed by atoms with Crippen molar-refractivity contribution in [3.8, 4) is 0 Å². The Morgan fingerprint density at radius 2 is 2.10 bits per heavy atom. The van der Waals surface area contributed by atoms with E-state index in [9.17, 15) is 4.79 Å². The van der Waals surface area contributed by atoms with Gasteiger partial charge in [-0.25, -0.2) is 4.79 Å². The molecule has 2 amide bonds. The normalized spacial score (nSPS) is 18.6. The van der Waals surface area contributed by atoms with Crippen LogP contribution in [0.3, 0.4) is 0 Å². The molecular weight excluding hydrogens is 264 g/mol. The molecular formula is C17H26N2O2. The van der Waals surface area contributed by atoms with Gasteiger partial charge in [-0.05, 0) is 36.8 Å². The number of hydrogen-bond acceptors (Lipinski definition) is 2. The van der Waals surface area contributed by atoms with Gasteiger partial charge in [0.05, 0.1) is 6.61 Å². The van der Waals surface area contributed by atoms with Gasteiger partial charge in [-0.2, -0.15) is 0 Å². The van der Waals surface area contributed by atoms with Gasteiger partial charge < -0.3 is 15.0 Å². The number of likely N-dealkylation sites (tertiary alicyclic amines) is 1. The number of amides is 2. The van der Waals surface area contributed by atoms with Crippen molar-refractivity contribution >= 4 is 6.03 Å². The first kappa shape index (κ1) is 15.8. The number of methoxy groups -OCH3 is 1. The molecule has 2 rings (SSSR count).